The van der Waals surface area contributed by atoms with Crippen molar-refractivity contribution in [3.8, 4) is 0 Å². The van der Waals surface area contributed by atoms with Crippen molar-refractivity contribution >= 4 is 29.1 Å². The molecule has 0 aliphatic carbocycles. The third-order valence-corrected chi connectivity index (χ3v) is 9.71. The van der Waals surface area contributed by atoms with Crippen molar-refractivity contribution in [3.05, 3.63) is 49.6 Å². The number of aliphatic hydroxyl groups is 1. The number of likely N-dealkylation sites (N-methyl/N-ethyl adjacent to an activating group) is 1. The van der Waals surface area contributed by atoms with Gasteiger partial charge in [-0.15, -0.1) is 13.2 Å². The van der Waals surface area contributed by atoms with E-state index in [1.165, 1.54) is 0 Å². The maximum atomic E-state index is 14.9. The molecule has 9 nitrogen and oxygen atoms in total. The van der Waals surface area contributed by atoms with Gasteiger partial charge in [0.1, 0.15) is 11.6 Å². The molecular formula is C34H50N4O5. The van der Waals surface area contributed by atoms with Gasteiger partial charge in [0.05, 0.1) is 30.1 Å². The van der Waals surface area contributed by atoms with Gasteiger partial charge in [0, 0.05) is 44.6 Å². The van der Waals surface area contributed by atoms with Crippen molar-refractivity contribution in [2.45, 2.75) is 77.2 Å². The summed E-state index contributed by atoms with van der Waals surface area (Å²) in [5, 5.41) is 10.6. The topological polar surface area (TPSA) is 93.6 Å². The number of hydrogen-bond donors (Lipinski definition) is 1. The number of carbonyl (C=O) groups is 3. The Hall–Kier alpha value is -3.17. The lowest BCUT2D eigenvalue weighted by molar-refractivity contribution is -0.151. The molecule has 4 rings (SSSR count). The quantitative estimate of drug-likeness (QED) is 0.329. The number of ether oxygens (including phenoxy) is 1. The zero-order valence-corrected chi connectivity index (χ0v) is 26.8. The third kappa shape index (κ3) is 5.50. The van der Waals surface area contributed by atoms with E-state index in [0.29, 0.717) is 31.5 Å². The molecule has 236 valence electrons. The van der Waals surface area contributed by atoms with Gasteiger partial charge in [-0.05, 0) is 70.2 Å². The van der Waals surface area contributed by atoms with E-state index in [4.69, 9.17) is 4.74 Å². The Morgan fingerprint density at radius 1 is 1.07 bits per heavy atom. The summed E-state index contributed by atoms with van der Waals surface area (Å²) in [6.45, 7) is 19.9. The monoisotopic (exact) mass is 594 g/mol. The smallest absolute Gasteiger partial charge is 0.253 e. The van der Waals surface area contributed by atoms with Crippen molar-refractivity contribution in [2.24, 2.45) is 17.8 Å². The second kappa shape index (κ2) is 12.8. The average molecular weight is 595 g/mol. The Bertz CT molecular complexity index is 1210. The van der Waals surface area contributed by atoms with Gasteiger partial charge in [-0.2, -0.15) is 0 Å². The van der Waals surface area contributed by atoms with Crippen LogP contribution in [0.3, 0.4) is 0 Å². The fraction of sp³-hybridized carbons (Fsp3) is 0.618. The molecule has 3 aliphatic heterocycles. The molecule has 3 saturated heterocycles. The Balaban J connectivity index is 1.82. The number of anilines is 2. The zero-order valence-electron chi connectivity index (χ0n) is 26.8. The minimum absolute atomic E-state index is 0.168. The van der Waals surface area contributed by atoms with Gasteiger partial charge in [0.25, 0.3) is 5.91 Å². The predicted octanol–water partition coefficient (Wildman–Crippen LogP) is 3.87. The summed E-state index contributed by atoms with van der Waals surface area (Å²) < 4.78 is 6.81. The number of hydrogen-bond acceptors (Lipinski definition) is 6. The molecule has 0 radical (unpaired) electrons. The molecule has 1 aromatic rings. The minimum atomic E-state index is -1.18. The van der Waals surface area contributed by atoms with E-state index in [1.54, 1.807) is 33.9 Å². The lowest BCUT2D eigenvalue weighted by atomic mass is 9.66. The van der Waals surface area contributed by atoms with E-state index >= 15 is 0 Å². The molecular weight excluding hydrogens is 544 g/mol. The number of fused-ring (bicyclic) bond motifs is 1. The normalized spacial score (nSPS) is 28.1. The van der Waals surface area contributed by atoms with Crippen LogP contribution in [0.2, 0.25) is 0 Å². The standard InChI is InChI=1S/C34H50N4O5/c1-9-19-35(8)30(40)27-28-31(41)38(26(22-39)21-23(5)6)29(34(28)18-17-33(27,7)43-34)32(42)37(20-10-2)25-15-13-24(14-16-25)36(11-3)12-4/h9-10,13-16,23,26-29,39H,1-2,11-12,17-22H2,3-8H3/t26-,27+,28+,29?,33-,34?/m1/s1. The first-order valence-electron chi connectivity index (χ1n) is 15.7. The summed E-state index contributed by atoms with van der Waals surface area (Å²) in [5.74, 6) is -2.15. The number of likely N-dealkylation sites (tertiary alicyclic amines) is 1. The van der Waals surface area contributed by atoms with Gasteiger partial charge in [0.2, 0.25) is 11.8 Å². The maximum Gasteiger partial charge on any atom is 0.253 e. The molecule has 43 heavy (non-hydrogen) atoms. The summed E-state index contributed by atoms with van der Waals surface area (Å²) in [7, 11) is 1.70. The molecule has 3 amide bonds. The van der Waals surface area contributed by atoms with E-state index in [-0.39, 0.29) is 36.8 Å². The Morgan fingerprint density at radius 2 is 1.67 bits per heavy atom. The molecule has 0 aromatic heterocycles. The number of aliphatic hydroxyl groups excluding tert-OH is 1. The summed E-state index contributed by atoms with van der Waals surface area (Å²) >= 11 is 0. The van der Waals surface area contributed by atoms with Crippen LogP contribution in [0.1, 0.15) is 53.9 Å². The fourth-order valence-electron chi connectivity index (χ4n) is 7.79. The van der Waals surface area contributed by atoms with Gasteiger partial charge in [-0.1, -0.05) is 26.0 Å². The van der Waals surface area contributed by atoms with Crippen molar-refractivity contribution in [3.63, 3.8) is 0 Å². The first kappa shape index (κ1) is 32.7. The van der Waals surface area contributed by atoms with Crippen LogP contribution in [0, 0.1) is 17.8 Å². The second-order valence-electron chi connectivity index (χ2n) is 12.9. The maximum absolute atomic E-state index is 14.9. The third-order valence-electron chi connectivity index (χ3n) is 9.71. The first-order valence-corrected chi connectivity index (χ1v) is 15.7. The van der Waals surface area contributed by atoms with Crippen LogP contribution in [-0.2, 0) is 19.1 Å². The lowest BCUT2D eigenvalue weighted by Crippen LogP contribution is -2.59. The van der Waals surface area contributed by atoms with Crippen LogP contribution in [-0.4, -0.2) is 95.7 Å². The largest absolute Gasteiger partial charge is 0.394 e. The van der Waals surface area contributed by atoms with Gasteiger partial charge in [-0.3, -0.25) is 14.4 Å². The van der Waals surface area contributed by atoms with Crippen LogP contribution in [0.25, 0.3) is 0 Å². The van der Waals surface area contributed by atoms with Gasteiger partial charge >= 0.3 is 0 Å². The highest BCUT2D eigenvalue weighted by molar-refractivity contribution is 6.05. The Kier molecular flexibility index (Phi) is 9.76. The Morgan fingerprint density at radius 3 is 2.21 bits per heavy atom. The number of benzene rings is 1. The summed E-state index contributed by atoms with van der Waals surface area (Å²) in [6.07, 6.45) is 4.88. The SMILES string of the molecule is C=CCN(C)C(=O)[C@@H]1[C@H]2C(=O)N([C@@H](CO)CC(C)C)C(C(=O)N(CC=C)c3ccc(N(CC)CC)cc3)C23CC[C@@]1(C)O3. The number of carbonyl (C=O) groups excluding carboxylic acids is 3. The van der Waals surface area contributed by atoms with Gasteiger partial charge < -0.3 is 29.4 Å². The van der Waals surface area contributed by atoms with Crippen molar-refractivity contribution < 1.29 is 24.2 Å². The molecule has 9 heteroatoms. The first-order chi connectivity index (χ1) is 20.4. The molecule has 2 bridgehead atoms. The highest BCUT2D eigenvalue weighted by atomic mass is 16.5. The van der Waals surface area contributed by atoms with Crippen molar-refractivity contribution in [2.75, 3.05) is 49.6 Å². The van der Waals surface area contributed by atoms with E-state index in [2.05, 4.69) is 31.9 Å². The number of nitrogens with zero attached hydrogens (tertiary/aromatic N) is 4. The predicted molar refractivity (Wildman–Crippen MR) is 170 cm³/mol. The number of rotatable bonds is 14. The van der Waals surface area contributed by atoms with Crippen LogP contribution in [0.4, 0.5) is 11.4 Å². The van der Waals surface area contributed by atoms with Crippen LogP contribution in [0.15, 0.2) is 49.6 Å². The molecule has 1 aromatic carbocycles. The second-order valence-corrected chi connectivity index (χ2v) is 12.9. The molecule has 1 spiro atoms. The van der Waals surface area contributed by atoms with E-state index < -0.39 is 35.1 Å². The van der Waals surface area contributed by atoms with E-state index in [9.17, 15) is 19.5 Å². The zero-order chi connectivity index (χ0) is 31.7. The summed E-state index contributed by atoms with van der Waals surface area (Å²) in [4.78, 5) is 50.3. The van der Waals surface area contributed by atoms with Gasteiger partial charge in [-0.25, -0.2) is 0 Å². The molecule has 2 unspecified atom stereocenters. The van der Waals surface area contributed by atoms with Crippen LogP contribution >= 0.6 is 0 Å². The van der Waals surface area contributed by atoms with Crippen LogP contribution < -0.4 is 9.80 Å². The van der Waals surface area contributed by atoms with Crippen molar-refractivity contribution in [1.29, 1.82) is 0 Å². The van der Waals surface area contributed by atoms with Crippen molar-refractivity contribution in [1.82, 2.24) is 9.80 Å². The van der Waals surface area contributed by atoms with E-state index in [1.807, 2.05) is 45.0 Å². The molecule has 3 heterocycles. The molecule has 3 fully saturated rings. The van der Waals surface area contributed by atoms with Crippen LogP contribution in [0.5, 0.6) is 0 Å². The lowest BCUT2D eigenvalue weighted by Gasteiger charge is -2.40. The highest BCUT2D eigenvalue weighted by Crippen LogP contribution is 2.64. The molecule has 0 saturated carbocycles. The minimum Gasteiger partial charge on any atom is -0.394 e. The summed E-state index contributed by atoms with van der Waals surface area (Å²) in [6, 6.07) is 6.27. The average Bonchev–Trinajstić information content (AvgIpc) is 3.55. The van der Waals surface area contributed by atoms with E-state index in [0.717, 1.165) is 18.8 Å². The molecule has 3 aliphatic rings. The summed E-state index contributed by atoms with van der Waals surface area (Å²) in [5.41, 5.74) is -0.305. The Labute approximate surface area is 257 Å². The molecule has 1 N–H and O–H groups in total. The highest BCUT2D eigenvalue weighted by Gasteiger charge is 2.78. The van der Waals surface area contributed by atoms with Gasteiger partial charge in [0.15, 0.2) is 0 Å². The number of amides is 3. The molecule has 6 atom stereocenters. The fourth-order valence-corrected chi connectivity index (χ4v) is 7.79.